The standard InChI is InChI=1S/C18H22N6O3S/c25-17(19-11-16-20-21-18(28)23(16)13-5-6-13)12-7-9-22(10-8-12)14-3-1-2-4-15(14)24(26)27/h1-4,12-13H,5-11H2,(H,19,25)(H,21,28). The smallest absolute Gasteiger partial charge is 0.292 e. The molecule has 0 bridgehead atoms. The van der Waals surface area contributed by atoms with Gasteiger partial charge in [0.1, 0.15) is 5.69 Å². The summed E-state index contributed by atoms with van der Waals surface area (Å²) in [6, 6.07) is 7.15. The molecular formula is C18H22N6O3S. The van der Waals surface area contributed by atoms with Gasteiger partial charge < -0.3 is 10.2 Å². The van der Waals surface area contributed by atoms with Crippen molar-refractivity contribution in [1.29, 1.82) is 0 Å². The van der Waals surface area contributed by atoms with E-state index in [9.17, 15) is 14.9 Å². The molecule has 1 saturated carbocycles. The lowest BCUT2D eigenvalue weighted by Crippen LogP contribution is -2.40. The molecule has 2 aromatic rings. The summed E-state index contributed by atoms with van der Waals surface area (Å²) in [6.07, 6.45) is 3.51. The third kappa shape index (κ3) is 3.77. The van der Waals surface area contributed by atoms with E-state index in [-0.39, 0.29) is 22.4 Å². The zero-order valence-corrected chi connectivity index (χ0v) is 16.2. The number of benzene rings is 1. The van der Waals surface area contributed by atoms with Crippen LogP contribution in [0.25, 0.3) is 0 Å². The molecule has 0 spiro atoms. The first kappa shape index (κ1) is 18.6. The van der Waals surface area contributed by atoms with Crippen molar-refractivity contribution < 1.29 is 9.72 Å². The minimum absolute atomic E-state index is 0.00141. The van der Waals surface area contributed by atoms with E-state index < -0.39 is 0 Å². The lowest BCUT2D eigenvalue weighted by Gasteiger charge is -2.32. The Morgan fingerprint density at radius 1 is 1.29 bits per heavy atom. The fourth-order valence-electron chi connectivity index (χ4n) is 3.75. The predicted octanol–water partition coefficient (Wildman–Crippen LogP) is 2.72. The zero-order chi connectivity index (χ0) is 19.7. The Hall–Kier alpha value is -2.75. The summed E-state index contributed by atoms with van der Waals surface area (Å²) in [4.78, 5) is 25.4. The number of aromatic nitrogens is 3. The topological polar surface area (TPSA) is 109 Å². The number of nitrogens with one attached hydrogen (secondary N) is 2. The molecule has 28 heavy (non-hydrogen) atoms. The van der Waals surface area contributed by atoms with Crippen LogP contribution in [0, 0.1) is 20.8 Å². The van der Waals surface area contributed by atoms with E-state index in [2.05, 4.69) is 15.5 Å². The molecule has 1 aromatic heterocycles. The second kappa shape index (κ2) is 7.70. The van der Waals surface area contributed by atoms with Gasteiger partial charge in [-0.05, 0) is 44.0 Å². The van der Waals surface area contributed by atoms with E-state index in [4.69, 9.17) is 12.2 Å². The van der Waals surface area contributed by atoms with Gasteiger partial charge >= 0.3 is 0 Å². The van der Waals surface area contributed by atoms with Gasteiger partial charge in [-0.2, -0.15) is 5.10 Å². The summed E-state index contributed by atoms with van der Waals surface area (Å²) in [5, 5.41) is 21.2. The number of aromatic amines is 1. The van der Waals surface area contributed by atoms with E-state index in [1.54, 1.807) is 18.2 Å². The summed E-state index contributed by atoms with van der Waals surface area (Å²) >= 11 is 5.26. The number of para-hydroxylation sites is 2. The van der Waals surface area contributed by atoms with Crippen LogP contribution in [0.2, 0.25) is 0 Å². The van der Waals surface area contributed by atoms with Crippen molar-refractivity contribution in [2.24, 2.45) is 5.92 Å². The fraction of sp³-hybridized carbons (Fsp3) is 0.500. The van der Waals surface area contributed by atoms with Gasteiger partial charge in [-0.15, -0.1) is 0 Å². The van der Waals surface area contributed by atoms with Gasteiger partial charge in [0.25, 0.3) is 5.69 Å². The SMILES string of the molecule is O=C(NCc1n[nH]c(=S)n1C1CC1)C1CCN(c2ccccc2[N+](=O)[O-])CC1. The van der Waals surface area contributed by atoms with E-state index in [1.165, 1.54) is 6.07 Å². The Balaban J connectivity index is 1.33. The van der Waals surface area contributed by atoms with Gasteiger partial charge in [0.15, 0.2) is 10.6 Å². The lowest BCUT2D eigenvalue weighted by molar-refractivity contribution is -0.384. The van der Waals surface area contributed by atoms with Crippen molar-refractivity contribution in [1.82, 2.24) is 20.1 Å². The van der Waals surface area contributed by atoms with Crippen LogP contribution < -0.4 is 10.2 Å². The summed E-state index contributed by atoms with van der Waals surface area (Å²) in [5.41, 5.74) is 0.722. The number of H-pyrrole nitrogens is 1. The number of anilines is 1. The Kier molecular flexibility index (Phi) is 5.12. The monoisotopic (exact) mass is 402 g/mol. The highest BCUT2D eigenvalue weighted by Gasteiger charge is 2.30. The third-order valence-corrected chi connectivity index (χ3v) is 5.68. The second-order valence-electron chi connectivity index (χ2n) is 7.27. The lowest BCUT2D eigenvalue weighted by atomic mass is 9.95. The summed E-state index contributed by atoms with van der Waals surface area (Å²) in [5.74, 6) is 0.659. The van der Waals surface area contributed by atoms with Crippen LogP contribution in [0.3, 0.4) is 0 Å². The van der Waals surface area contributed by atoms with Gasteiger partial charge in [-0.25, -0.2) is 0 Å². The molecule has 2 fully saturated rings. The average Bonchev–Trinajstić information content (AvgIpc) is 3.48. The molecule has 0 unspecified atom stereocenters. The first-order valence-corrected chi connectivity index (χ1v) is 9.87. The predicted molar refractivity (Wildman–Crippen MR) is 106 cm³/mol. The normalized spacial score (nSPS) is 17.5. The van der Waals surface area contributed by atoms with Gasteiger partial charge in [-0.1, -0.05) is 12.1 Å². The van der Waals surface area contributed by atoms with Gasteiger partial charge in [-0.3, -0.25) is 24.6 Å². The summed E-state index contributed by atoms with van der Waals surface area (Å²) < 4.78 is 2.59. The molecule has 2 aliphatic rings. The van der Waals surface area contributed by atoms with Crippen LogP contribution >= 0.6 is 12.2 Å². The summed E-state index contributed by atoms with van der Waals surface area (Å²) in [6.45, 7) is 1.58. The summed E-state index contributed by atoms with van der Waals surface area (Å²) in [7, 11) is 0. The maximum atomic E-state index is 12.6. The number of rotatable bonds is 6. The first-order valence-electron chi connectivity index (χ1n) is 9.46. The molecule has 2 heterocycles. The maximum Gasteiger partial charge on any atom is 0.292 e. The number of nitro groups is 1. The van der Waals surface area contributed by atoms with Crippen LogP contribution in [0.1, 0.15) is 37.5 Å². The van der Waals surface area contributed by atoms with Crippen molar-refractivity contribution in [2.75, 3.05) is 18.0 Å². The molecule has 1 aliphatic heterocycles. The van der Waals surface area contributed by atoms with Crippen LogP contribution in [0.5, 0.6) is 0 Å². The van der Waals surface area contributed by atoms with Crippen molar-refractivity contribution in [3.8, 4) is 0 Å². The maximum absolute atomic E-state index is 12.6. The Labute approximate surface area is 166 Å². The fourth-order valence-corrected chi connectivity index (χ4v) is 4.05. The molecule has 1 aromatic carbocycles. The molecule has 0 radical (unpaired) electrons. The van der Waals surface area contributed by atoms with Crippen molar-refractivity contribution in [3.63, 3.8) is 0 Å². The highest BCUT2D eigenvalue weighted by Crippen LogP contribution is 2.35. The van der Waals surface area contributed by atoms with Crippen molar-refractivity contribution in [3.05, 3.63) is 45.0 Å². The number of hydrogen-bond donors (Lipinski definition) is 2. The first-order chi connectivity index (χ1) is 13.5. The Morgan fingerprint density at radius 2 is 2.00 bits per heavy atom. The van der Waals surface area contributed by atoms with E-state index in [0.717, 1.165) is 18.7 Å². The highest BCUT2D eigenvalue weighted by atomic mass is 32.1. The number of amides is 1. The molecule has 9 nitrogen and oxygen atoms in total. The minimum Gasteiger partial charge on any atom is -0.366 e. The molecule has 0 atom stereocenters. The van der Waals surface area contributed by atoms with Gasteiger partial charge in [0.2, 0.25) is 5.91 Å². The molecule has 2 N–H and O–H groups in total. The van der Waals surface area contributed by atoms with Crippen LogP contribution in [0.15, 0.2) is 24.3 Å². The van der Waals surface area contributed by atoms with Gasteiger partial charge in [0.05, 0.1) is 11.5 Å². The van der Waals surface area contributed by atoms with Crippen molar-refractivity contribution >= 4 is 29.5 Å². The zero-order valence-electron chi connectivity index (χ0n) is 15.3. The number of carbonyl (C=O) groups excluding carboxylic acids is 1. The number of hydrogen-bond acceptors (Lipinski definition) is 6. The molecular weight excluding hydrogens is 380 g/mol. The third-order valence-electron chi connectivity index (χ3n) is 5.40. The van der Waals surface area contributed by atoms with Crippen LogP contribution in [-0.2, 0) is 11.3 Å². The largest absolute Gasteiger partial charge is 0.366 e. The second-order valence-corrected chi connectivity index (χ2v) is 7.66. The van der Waals surface area contributed by atoms with E-state index >= 15 is 0 Å². The van der Waals surface area contributed by atoms with Crippen molar-refractivity contribution in [2.45, 2.75) is 38.3 Å². The van der Waals surface area contributed by atoms with Gasteiger partial charge in [0, 0.05) is 31.1 Å². The Morgan fingerprint density at radius 3 is 2.68 bits per heavy atom. The molecule has 4 rings (SSSR count). The van der Waals surface area contributed by atoms with Crippen LogP contribution in [0.4, 0.5) is 11.4 Å². The minimum atomic E-state index is -0.361. The quantitative estimate of drug-likeness (QED) is 0.437. The average molecular weight is 402 g/mol. The number of nitro benzene ring substituents is 1. The Bertz CT molecular complexity index is 943. The molecule has 10 heteroatoms. The highest BCUT2D eigenvalue weighted by molar-refractivity contribution is 7.71. The molecule has 1 amide bonds. The number of piperidine rings is 1. The number of nitrogens with zero attached hydrogens (tertiary/aromatic N) is 4. The molecule has 1 saturated heterocycles. The molecule has 1 aliphatic carbocycles. The van der Waals surface area contributed by atoms with E-state index in [1.807, 2.05) is 9.47 Å². The van der Waals surface area contributed by atoms with Crippen LogP contribution in [-0.4, -0.2) is 38.7 Å². The van der Waals surface area contributed by atoms with E-state index in [0.29, 0.717) is 49.0 Å². The number of carbonyl (C=O) groups is 1. The molecule has 148 valence electrons.